The predicted octanol–water partition coefficient (Wildman–Crippen LogP) is 1.55. The molecule has 0 radical (unpaired) electrons. The van der Waals surface area contributed by atoms with Gasteiger partial charge in [0, 0.05) is 12.0 Å². The van der Waals surface area contributed by atoms with Gasteiger partial charge in [-0.25, -0.2) is 9.48 Å². The molecule has 2 aromatic rings. The number of hydrogen-bond donors (Lipinski definition) is 2. The molecule has 8 nitrogen and oxygen atoms in total. The Morgan fingerprint density at radius 2 is 1.89 bits per heavy atom. The van der Waals surface area contributed by atoms with Gasteiger partial charge in [0.25, 0.3) is 5.91 Å². The van der Waals surface area contributed by atoms with E-state index in [1.807, 2.05) is 44.2 Å². The smallest absolute Gasteiger partial charge is 0.357 e. The third kappa shape index (κ3) is 5.18. The highest BCUT2D eigenvalue weighted by atomic mass is 16.5. The molecule has 0 unspecified atom stereocenters. The maximum atomic E-state index is 12.5. The zero-order valence-corrected chi connectivity index (χ0v) is 16.0. The molecule has 0 bridgehead atoms. The lowest BCUT2D eigenvalue weighted by Gasteiger charge is -2.10. The Morgan fingerprint density at radius 1 is 1.18 bits per heavy atom. The molecule has 0 saturated heterocycles. The largest absolute Gasteiger partial charge is 0.451 e. The van der Waals surface area contributed by atoms with Crippen molar-refractivity contribution in [3.63, 3.8) is 0 Å². The second-order valence-corrected chi connectivity index (χ2v) is 7.05. The van der Waals surface area contributed by atoms with E-state index in [0.717, 1.165) is 24.2 Å². The number of carbonyl (C=O) groups excluding carboxylic acids is 3. The predicted molar refractivity (Wildman–Crippen MR) is 102 cm³/mol. The summed E-state index contributed by atoms with van der Waals surface area (Å²) in [6, 6.07) is 11.0. The van der Waals surface area contributed by atoms with Gasteiger partial charge in [-0.2, -0.15) is 5.10 Å². The van der Waals surface area contributed by atoms with E-state index in [1.165, 1.54) is 0 Å². The molecule has 28 heavy (non-hydrogen) atoms. The Labute approximate surface area is 163 Å². The normalized spacial score (nSPS) is 13.2. The number of carbonyl (C=O) groups is 3. The number of benzene rings is 1. The van der Waals surface area contributed by atoms with E-state index in [0.29, 0.717) is 5.92 Å². The van der Waals surface area contributed by atoms with Gasteiger partial charge in [0.05, 0.1) is 17.9 Å². The van der Waals surface area contributed by atoms with Crippen LogP contribution < -0.4 is 10.6 Å². The molecule has 8 heteroatoms. The molecular weight excluding hydrogens is 360 g/mol. The van der Waals surface area contributed by atoms with E-state index >= 15 is 0 Å². The zero-order chi connectivity index (χ0) is 20.1. The van der Waals surface area contributed by atoms with Crippen LogP contribution in [0.5, 0.6) is 0 Å². The Hall–Kier alpha value is -3.16. The minimum atomic E-state index is -0.634. The second-order valence-electron chi connectivity index (χ2n) is 7.05. The van der Waals surface area contributed by atoms with Gasteiger partial charge in [-0.15, -0.1) is 0 Å². The van der Waals surface area contributed by atoms with E-state index in [2.05, 4.69) is 15.7 Å². The molecular formula is C20H24N4O4. The lowest BCUT2D eigenvalue weighted by molar-refractivity contribution is -0.128. The van der Waals surface area contributed by atoms with Crippen LogP contribution in [0.15, 0.2) is 36.4 Å². The summed E-state index contributed by atoms with van der Waals surface area (Å²) >= 11 is 0. The number of rotatable bonds is 8. The molecule has 3 rings (SSSR count). The van der Waals surface area contributed by atoms with E-state index in [4.69, 9.17) is 4.74 Å². The molecule has 1 saturated carbocycles. The SMILES string of the molecule is CC(C)NC(=O)CNC(=O)COC(=O)c1cc(C2CC2)nn1-c1ccccc1. The summed E-state index contributed by atoms with van der Waals surface area (Å²) in [6.45, 7) is 3.02. The van der Waals surface area contributed by atoms with Crippen molar-refractivity contribution in [3.8, 4) is 5.69 Å². The van der Waals surface area contributed by atoms with Crippen molar-refractivity contribution in [1.82, 2.24) is 20.4 Å². The Kier molecular flexibility index (Phi) is 6.08. The van der Waals surface area contributed by atoms with Crippen molar-refractivity contribution >= 4 is 17.8 Å². The lowest BCUT2D eigenvalue weighted by atomic mass is 10.2. The molecule has 0 aliphatic heterocycles. The van der Waals surface area contributed by atoms with Crippen LogP contribution in [0.3, 0.4) is 0 Å². The van der Waals surface area contributed by atoms with E-state index < -0.39 is 18.5 Å². The first-order valence-corrected chi connectivity index (χ1v) is 9.32. The molecule has 0 atom stereocenters. The molecule has 1 aliphatic carbocycles. The highest BCUT2D eigenvalue weighted by Gasteiger charge is 2.29. The number of para-hydroxylation sites is 1. The standard InChI is InChI=1S/C20H24N4O4/c1-13(2)22-18(25)11-21-19(26)12-28-20(27)17-10-16(14-8-9-14)23-24(17)15-6-4-3-5-7-15/h3-7,10,13-14H,8-9,11-12H2,1-2H3,(H,21,26)(H,22,25). The number of nitrogens with one attached hydrogen (secondary N) is 2. The number of hydrogen-bond acceptors (Lipinski definition) is 5. The van der Waals surface area contributed by atoms with Crippen molar-refractivity contribution in [3.05, 3.63) is 47.8 Å². The topological polar surface area (TPSA) is 102 Å². The highest BCUT2D eigenvalue weighted by Crippen LogP contribution is 2.39. The quantitative estimate of drug-likeness (QED) is 0.672. The summed E-state index contributed by atoms with van der Waals surface area (Å²) in [7, 11) is 0. The third-order valence-electron chi connectivity index (χ3n) is 4.16. The highest BCUT2D eigenvalue weighted by molar-refractivity contribution is 5.91. The molecule has 1 aromatic heterocycles. The van der Waals surface area contributed by atoms with Gasteiger partial charge in [0.15, 0.2) is 12.3 Å². The minimum Gasteiger partial charge on any atom is -0.451 e. The van der Waals surface area contributed by atoms with Crippen molar-refractivity contribution in [1.29, 1.82) is 0 Å². The Bertz CT molecular complexity index is 856. The van der Waals surface area contributed by atoms with Crippen molar-refractivity contribution < 1.29 is 19.1 Å². The average Bonchev–Trinajstić information content (AvgIpc) is 3.43. The third-order valence-corrected chi connectivity index (χ3v) is 4.16. The van der Waals surface area contributed by atoms with Crippen LogP contribution in [0.1, 0.15) is 48.8 Å². The number of ether oxygens (including phenoxy) is 1. The lowest BCUT2D eigenvalue weighted by Crippen LogP contribution is -2.41. The molecule has 2 amide bonds. The van der Waals surface area contributed by atoms with Crippen LogP contribution in [0.25, 0.3) is 5.69 Å². The average molecular weight is 384 g/mol. The first-order chi connectivity index (χ1) is 13.4. The summed E-state index contributed by atoms with van der Waals surface area (Å²) in [5, 5.41) is 9.62. The summed E-state index contributed by atoms with van der Waals surface area (Å²) in [5.41, 5.74) is 1.88. The van der Waals surface area contributed by atoms with Gasteiger partial charge in [0.2, 0.25) is 5.91 Å². The fourth-order valence-electron chi connectivity index (χ4n) is 2.70. The van der Waals surface area contributed by atoms with Crippen LogP contribution in [0, 0.1) is 0 Å². The van der Waals surface area contributed by atoms with E-state index in [1.54, 1.807) is 10.7 Å². The minimum absolute atomic E-state index is 0.0128. The van der Waals surface area contributed by atoms with Gasteiger partial charge in [0.1, 0.15) is 0 Å². The molecule has 1 aromatic carbocycles. The van der Waals surface area contributed by atoms with Crippen LogP contribution in [-0.4, -0.2) is 46.8 Å². The molecule has 2 N–H and O–H groups in total. The summed E-state index contributed by atoms with van der Waals surface area (Å²) in [4.78, 5) is 35.9. The van der Waals surface area contributed by atoms with Crippen LogP contribution >= 0.6 is 0 Å². The summed E-state index contributed by atoms with van der Waals surface area (Å²) in [5.74, 6) is -1.10. The number of esters is 1. The monoisotopic (exact) mass is 384 g/mol. The maximum absolute atomic E-state index is 12.5. The van der Waals surface area contributed by atoms with Crippen molar-refractivity contribution in [2.75, 3.05) is 13.2 Å². The first-order valence-electron chi connectivity index (χ1n) is 9.32. The van der Waals surface area contributed by atoms with E-state index in [-0.39, 0.29) is 24.2 Å². The van der Waals surface area contributed by atoms with Gasteiger partial charge in [-0.1, -0.05) is 18.2 Å². The summed E-state index contributed by atoms with van der Waals surface area (Å²) in [6.07, 6.45) is 2.11. The Balaban J connectivity index is 1.61. The second kappa shape index (κ2) is 8.69. The van der Waals surface area contributed by atoms with Gasteiger partial charge in [-0.05, 0) is 44.9 Å². The van der Waals surface area contributed by atoms with Gasteiger partial charge >= 0.3 is 5.97 Å². The van der Waals surface area contributed by atoms with Crippen molar-refractivity contribution in [2.45, 2.75) is 38.6 Å². The molecule has 148 valence electrons. The summed E-state index contributed by atoms with van der Waals surface area (Å²) < 4.78 is 6.68. The molecule has 0 spiro atoms. The van der Waals surface area contributed by atoms with E-state index in [9.17, 15) is 14.4 Å². The number of aromatic nitrogens is 2. The zero-order valence-electron chi connectivity index (χ0n) is 16.0. The van der Waals surface area contributed by atoms with Crippen LogP contribution in [0.4, 0.5) is 0 Å². The molecule has 1 aliphatic rings. The Morgan fingerprint density at radius 3 is 2.54 bits per heavy atom. The van der Waals surface area contributed by atoms with Crippen LogP contribution in [-0.2, 0) is 14.3 Å². The van der Waals surface area contributed by atoms with Crippen molar-refractivity contribution in [2.24, 2.45) is 0 Å². The van der Waals surface area contributed by atoms with Crippen LogP contribution in [0.2, 0.25) is 0 Å². The van der Waals surface area contributed by atoms with Gasteiger partial charge in [-0.3, -0.25) is 9.59 Å². The fraction of sp³-hybridized carbons (Fsp3) is 0.400. The molecule has 1 heterocycles. The molecule has 1 fully saturated rings. The number of nitrogens with zero attached hydrogens (tertiary/aromatic N) is 2. The van der Waals surface area contributed by atoms with Gasteiger partial charge < -0.3 is 15.4 Å². The number of amides is 2. The first kappa shape index (κ1) is 19.6. The maximum Gasteiger partial charge on any atom is 0.357 e. The fourth-order valence-corrected chi connectivity index (χ4v) is 2.70.